The number of carbonyl (C=O) groups is 1. The zero-order valence-corrected chi connectivity index (χ0v) is 27.3. The van der Waals surface area contributed by atoms with Crippen LogP contribution in [0, 0.1) is 5.53 Å². The highest BCUT2D eigenvalue weighted by atomic mass is 16.5. The summed E-state index contributed by atoms with van der Waals surface area (Å²) in [5, 5.41) is 12.0. The van der Waals surface area contributed by atoms with Gasteiger partial charge in [0.1, 0.15) is 5.75 Å². The Bertz CT molecular complexity index is 1870. The van der Waals surface area contributed by atoms with E-state index in [9.17, 15) is 4.79 Å². The van der Waals surface area contributed by atoms with Crippen LogP contribution in [0.5, 0.6) is 5.75 Å². The van der Waals surface area contributed by atoms with Gasteiger partial charge < -0.3 is 35.5 Å². The van der Waals surface area contributed by atoms with Crippen molar-refractivity contribution >= 4 is 39.8 Å². The fourth-order valence-electron chi connectivity index (χ4n) is 5.20. The largest absolute Gasteiger partial charge is 0.494 e. The van der Waals surface area contributed by atoms with Crippen LogP contribution in [0.2, 0.25) is 0 Å². The second kappa shape index (κ2) is 17.4. The summed E-state index contributed by atoms with van der Waals surface area (Å²) in [5.74, 6) is 0.718. The van der Waals surface area contributed by atoms with Crippen molar-refractivity contribution in [2.45, 2.75) is 19.4 Å². The first kappa shape index (κ1) is 36.1. The second-order valence-electron chi connectivity index (χ2n) is 10.6. The molecule has 0 fully saturated rings. The molecule has 5 N–H and O–H groups in total. The zero-order chi connectivity index (χ0) is 35.2. The van der Waals surface area contributed by atoms with Crippen molar-refractivity contribution in [3.05, 3.63) is 85.2 Å². The number of para-hydroxylation sites is 1. The van der Waals surface area contributed by atoms with Gasteiger partial charge in [0, 0.05) is 68.1 Å². The minimum Gasteiger partial charge on any atom is -0.494 e. The average Bonchev–Trinajstić information content (AvgIpc) is 3.46. The predicted molar refractivity (Wildman–Crippen MR) is 185 cm³/mol. The summed E-state index contributed by atoms with van der Waals surface area (Å²) in [4.78, 5) is 32.4. The van der Waals surface area contributed by atoms with E-state index in [2.05, 4.69) is 74.7 Å². The van der Waals surface area contributed by atoms with E-state index < -0.39 is 0 Å². The second-order valence-corrected chi connectivity index (χ2v) is 10.6. The molecule has 0 aliphatic carbocycles. The Kier molecular flexibility index (Phi) is 13.0. The molecule has 19 heteroatoms. The Hall–Kier alpha value is -6.38. The summed E-state index contributed by atoms with van der Waals surface area (Å²) < 4.78 is 7.97. The smallest absolute Gasteiger partial charge is 0.280 e. The predicted octanol–water partition coefficient (Wildman–Crippen LogP) is 6.13. The Morgan fingerprint density at radius 2 is 1.88 bits per heavy atom. The molecule has 0 bridgehead atoms. The van der Waals surface area contributed by atoms with Gasteiger partial charge in [-0.15, -0.1) is 11.1 Å². The van der Waals surface area contributed by atoms with Gasteiger partial charge in [-0.25, -0.2) is 9.97 Å². The highest BCUT2D eigenvalue weighted by molar-refractivity contribution is 6.05. The maximum Gasteiger partial charge on any atom is 0.280 e. The van der Waals surface area contributed by atoms with Gasteiger partial charge >= 0.3 is 0 Å². The van der Waals surface area contributed by atoms with E-state index in [0.717, 1.165) is 49.1 Å². The number of carbonyl (C=O) groups excluding carboxylic acids is 1. The van der Waals surface area contributed by atoms with Crippen LogP contribution in [0.1, 0.15) is 22.3 Å². The molecule has 48 heavy (non-hydrogen) atoms. The lowest BCUT2D eigenvalue weighted by molar-refractivity contribution is 0.0963. The third kappa shape index (κ3) is 8.66. The van der Waals surface area contributed by atoms with Crippen molar-refractivity contribution in [2.24, 2.45) is 10.4 Å². The number of hydrogen-bond acceptors (Lipinski definition) is 9. The number of azide groups is 2. The van der Waals surface area contributed by atoms with Gasteiger partial charge in [0.15, 0.2) is 0 Å². The van der Waals surface area contributed by atoms with Gasteiger partial charge in [-0.1, -0.05) is 23.7 Å². The van der Waals surface area contributed by atoms with E-state index in [0.29, 0.717) is 34.3 Å². The first-order valence-corrected chi connectivity index (χ1v) is 14.5. The van der Waals surface area contributed by atoms with Gasteiger partial charge in [0.05, 0.1) is 46.2 Å². The van der Waals surface area contributed by atoms with Gasteiger partial charge in [0.25, 0.3) is 11.1 Å². The lowest BCUT2D eigenvalue weighted by Crippen LogP contribution is -2.29. The quantitative estimate of drug-likeness (QED) is 0.0505. The molecule has 0 radical (unpaired) electrons. The van der Waals surface area contributed by atoms with E-state index >= 15 is 0 Å². The van der Waals surface area contributed by atoms with Gasteiger partial charge in [-0.2, -0.15) is 4.91 Å². The number of anilines is 4. The van der Waals surface area contributed by atoms with Gasteiger partial charge in [-0.3, -0.25) is 4.79 Å². The van der Waals surface area contributed by atoms with Gasteiger partial charge in [0.2, 0.25) is 5.95 Å². The molecule has 0 unspecified atom stereocenters. The topological polar surface area (TPSA) is 271 Å². The van der Waals surface area contributed by atoms with Crippen molar-refractivity contribution in [3.8, 4) is 17.0 Å². The number of likely N-dealkylation sites (N-methyl/N-ethyl adjacent to an activating group) is 2. The molecule has 0 spiro atoms. The fourth-order valence-corrected chi connectivity index (χ4v) is 5.20. The average molecular weight is 656 g/mol. The lowest BCUT2D eigenvalue weighted by Gasteiger charge is -2.24. The molecular weight excluding hydrogens is 618 g/mol. The molecule has 1 aliphatic heterocycles. The maximum absolute atomic E-state index is 12.8. The number of nitrogen functional groups attached to an aromatic ring is 1. The highest BCUT2D eigenvalue weighted by Crippen LogP contribution is 2.38. The van der Waals surface area contributed by atoms with Crippen molar-refractivity contribution in [2.75, 3.05) is 64.3 Å². The summed E-state index contributed by atoms with van der Waals surface area (Å²) in [5.41, 5.74) is 40.0. The normalized spacial score (nSPS) is 11.0. The molecule has 0 saturated carbocycles. The summed E-state index contributed by atoms with van der Waals surface area (Å²) in [6, 6.07) is 10.1. The molecule has 19 nitrogen and oxygen atoms in total. The molecule has 4 aromatic rings. The van der Waals surface area contributed by atoms with E-state index in [1.807, 2.05) is 33.3 Å². The number of aromatic nitrogens is 3. The minimum absolute atomic E-state index is 0.240. The number of ether oxygens (including phenoxy) is 1. The zero-order valence-electron chi connectivity index (χ0n) is 27.3. The van der Waals surface area contributed by atoms with Gasteiger partial charge in [-0.05, 0) is 49.0 Å². The van der Waals surface area contributed by atoms with Crippen LogP contribution in [-0.4, -0.2) is 73.7 Å². The van der Waals surface area contributed by atoms with Crippen LogP contribution < -0.4 is 26.0 Å². The minimum atomic E-state index is -0.240. The van der Waals surface area contributed by atoms with Crippen LogP contribution in [0.15, 0.2) is 53.2 Å². The standard InChI is InChI=1S/C29H36N8O2.N6.HN3/c1-31-28(38)20-16-32-29(33-23-14-22(30)24(15-25(23)39-5)36(4)13-12-35(2)3)34-26(20)21-17-37-11-7-9-18-8-6-10-19(21)27(18)37;1-3-5-6-4-2;1-3-2/h6,8,10,14-17H,7,9,11-13,30H2,1-5H3,(H,31,38)(H,32,33,34);;1H. The van der Waals surface area contributed by atoms with Crippen molar-refractivity contribution in [1.82, 2.24) is 24.8 Å². The first-order valence-electron chi connectivity index (χ1n) is 14.5. The number of rotatable bonds is 10. The third-order valence-corrected chi connectivity index (χ3v) is 7.35. The molecule has 250 valence electrons. The highest BCUT2D eigenvalue weighted by Gasteiger charge is 2.23. The molecule has 2 aromatic heterocycles. The number of methoxy groups -OCH3 is 1. The van der Waals surface area contributed by atoms with Crippen molar-refractivity contribution in [3.63, 3.8) is 0 Å². The van der Waals surface area contributed by atoms with E-state index in [1.54, 1.807) is 25.3 Å². The summed E-state index contributed by atoms with van der Waals surface area (Å²) >= 11 is 0. The Balaban J connectivity index is 0.000000618. The maximum atomic E-state index is 12.8. The van der Waals surface area contributed by atoms with E-state index in [4.69, 9.17) is 37.6 Å². The molecular formula is C29H37N17O2. The van der Waals surface area contributed by atoms with Crippen LogP contribution in [0.4, 0.5) is 23.0 Å². The number of aryl methyl sites for hydroxylation is 2. The summed E-state index contributed by atoms with van der Waals surface area (Å²) in [6.45, 7) is 2.64. The number of hydrogen-bond donors (Lipinski definition) is 4. The Labute approximate surface area is 276 Å². The molecule has 1 aliphatic rings. The number of benzene rings is 2. The first-order chi connectivity index (χ1) is 23.1. The van der Waals surface area contributed by atoms with Crippen LogP contribution in [0.3, 0.4) is 0 Å². The molecule has 1 amide bonds. The summed E-state index contributed by atoms with van der Waals surface area (Å²) in [7, 11) is 9.32. The molecule has 5 rings (SSSR count). The molecule has 0 atom stereocenters. The molecule has 2 aromatic carbocycles. The van der Waals surface area contributed by atoms with Crippen LogP contribution in [-0.2, 0) is 13.0 Å². The van der Waals surface area contributed by atoms with Crippen LogP contribution in [0.25, 0.3) is 53.5 Å². The number of nitrogens with two attached hydrogens (primary N) is 1. The SMILES string of the molecule is CNC(=O)c1cnc(Nc2cc(N)c(N(C)CCN(C)C)cc2OC)nc1-c1cn2c3c(cccc13)CCC2.[N-]=[N+]=N.[N-]=[N+]=NN=[N+]=[N-]. The monoisotopic (exact) mass is 655 g/mol. The van der Waals surface area contributed by atoms with E-state index in [1.165, 1.54) is 11.1 Å². The fraction of sp³-hybridized carbons (Fsp3) is 0.345. The Morgan fingerprint density at radius 1 is 1.17 bits per heavy atom. The number of amides is 1. The summed E-state index contributed by atoms with van der Waals surface area (Å²) in [6.07, 6.45) is 5.79. The number of nitrogens with one attached hydrogen (secondary N) is 3. The third-order valence-electron chi connectivity index (χ3n) is 7.35. The lowest BCUT2D eigenvalue weighted by atomic mass is 10.0. The molecule has 0 saturated heterocycles. The van der Waals surface area contributed by atoms with E-state index in [-0.39, 0.29) is 5.91 Å². The van der Waals surface area contributed by atoms with Crippen LogP contribution >= 0.6 is 0 Å². The van der Waals surface area contributed by atoms with Crippen molar-refractivity contribution < 1.29 is 9.53 Å². The Morgan fingerprint density at radius 3 is 2.50 bits per heavy atom. The number of nitrogens with zero attached hydrogens (tertiary/aromatic N) is 13. The van der Waals surface area contributed by atoms with Crippen molar-refractivity contribution in [1.29, 1.82) is 5.53 Å². The molecule has 3 heterocycles.